The lowest BCUT2D eigenvalue weighted by molar-refractivity contribution is 0.0694. The van der Waals surface area contributed by atoms with Gasteiger partial charge in [-0.25, -0.2) is 4.79 Å². The summed E-state index contributed by atoms with van der Waals surface area (Å²) in [7, 11) is 3.81. The van der Waals surface area contributed by atoms with Gasteiger partial charge >= 0.3 is 5.97 Å². The average Bonchev–Trinajstić information content (AvgIpc) is 2.72. The average molecular weight is 266 g/mol. The van der Waals surface area contributed by atoms with Gasteiger partial charge in [0.1, 0.15) is 5.56 Å². The molecule has 1 fully saturated rings. The molecule has 1 unspecified atom stereocenters. The van der Waals surface area contributed by atoms with Gasteiger partial charge in [-0.3, -0.25) is 9.58 Å². The molecule has 0 saturated carbocycles. The predicted octanol–water partition coefficient (Wildman–Crippen LogP) is 0.692. The fraction of sp³-hybridized carbons (Fsp3) is 0.692. The first-order valence-corrected chi connectivity index (χ1v) is 6.74. The van der Waals surface area contributed by atoms with Crippen LogP contribution < -0.4 is 5.32 Å². The van der Waals surface area contributed by atoms with Crippen LogP contribution in [0.1, 0.15) is 35.3 Å². The van der Waals surface area contributed by atoms with Gasteiger partial charge in [0.2, 0.25) is 0 Å². The Labute approximate surface area is 113 Å². The van der Waals surface area contributed by atoms with Crippen LogP contribution in [0, 0.1) is 0 Å². The molecule has 1 aliphatic heterocycles. The smallest absolute Gasteiger partial charge is 0.339 e. The number of piperidine rings is 1. The molecule has 106 valence electrons. The fourth-order valence-electron chi connectivity index (χ4n) is 2.61. The summed E-state index contributed by atoms with van der Waals surface area (Å²) >= 11 is 0. The molecule has 0 aliphatic carbocycles. The second-order valence-electron chi connectivity index (χ2n) is 5.28. The minimum atomic E-state index is -0.910. The van der Waals surface area contributed by atoms with Crippen LogP contribution >= 0.6 is 0 Å². The number of nitrogens with one attached hydrogen (secondary N) is 1. The van der Waals surface area contributed by atoms with Gasteiger partial charge in [0.05, 0.1) is 11.9 Å². The van der Waals surface area contributed by atoms with Gasteiger partial charge in [-0.1, -0.05) is 6.42 Å². The number of aromatic carboxylic acids is 1. The lowest BCUT2D eigenvalue weighted by Crippen LogP contribution is -2.42. The highest BCUT2D eigenvalue weighted by molar-refractivity contribution is 5.88. The Morgan fingerprint density at radius 1 is 1.63 bits per heavy atom. The Hall–Kier alpha value is -1.40. The molecule has 0 amide bonds. The molecular weight excluding hydrogens is 244 g/mol. The fourth-order valence-corrected chi connectivity index (χ4v) is 2.61. The third-order valence-corrected chi connectivity index (χ3v) is 3.66. The number of carboxylic acid groups (broad SMARTS) is 1. The summed E-state index contributed by atoms with van der Waals surface area (Å²) in [5.41, 5.74) is 1.05. The van der Waals surface area contributed by atoms with Crippen LogP contribution in [0.15, 0.2) is 6.20 Å². The summed E-state index contributed by atoms with van der Waals surface area (Å²) in [4.78, 5) is 13.3. The van der Waals surface area contributed by atoms with Crippen molar-refractivity contribution >= 4 is 5.97 Å². The summed E-state index contributed by atoms with van der Waals surface area (Å²) in [6.45, 7) is 2.63. The van der Waals surface area contributed by atoms with Crippen molar-refractivity contribution in [3.63, 3.8) is 0 Å². The number of carboxylic acids is 1. The third kappa shape index (κ3) is 3.54. The highest BCUT2D eigenvalue weighted by Gasteiger charge is 2.19. The van der Waals surface area contributed by atoms with Crippen molar-refractivity contribution in [2.75, 3.05) is 20.1 Å². The van der Waals surface area contributed by atoms with E-state index in [-0.39, 0.29) is 0 Å². The zero-order valence-electron chi connectivity index (χ0n) is 11.6. The summed E-state index contributed by atoms with van der Waals surface area (Å²) < 4.78 is 1.65. The number of aromatic nitrogens is 2. The van der Waals surface area contributed by atoms with Gasteiger partial charge in [0.25, 0.3) is 0 Å². The first-order chi connectivity index (χ1) is 9.08. The number of carbonyl (C=O) groups is 1. The molecule has 1 saturated heterocycles. The van der Waals surface area contributed by atoms with E-state index >= 15 is 0 Å². The van der Waals surface area contributed by atoms with E-state index in [1.165, 1.54) is 25.5 Å². The van der Waals surface area contributed by atoms with Gasteiger partial charge in [0.15, 0.2) is 0 Å². The first kappa shape index (κ1) is 14.0. The number of aryl methyl sites for hydroxylation is 1. The molecule has 6 nitrogen and oxygen atoms in total. The Kier molecular flexibility index (Phi) is 4.55. The zero-order valence-corrected chi connectivity index (χ0v) is 11.6. The molecule has 0 spiro atoms. The number of hydrogen-bond donors (Lipinski definition) is 2. The second-order valence-corrected chi connectivity index (χ2v) is 5.28. The molecule has 2 N–H and O–H groups in total. The molecule has 2 heterocycles. The monoisotopic (exact) mass is 266 g/mol. The Morgan fingerprint density at radius 3 is 3.05 bits per heavy atom. The molecule has 19 heavy (non-hydrogen) atoms. The summed E-state index contributed by atoms with van der Waals surface area (Å²) in [6, 6.07) is 0.514. The standard InChI is InChI=1S/C13H22N4O2/c1-16(8-10-5-3-4-6-14-10)9-12-11(13(18)19)7-15-17(12)2/h7,10,14H,3-6,8-9H2,1-2H3,(H,18,19). The normalized spacial score (nSPS) is 19.8. The van der Waals surface area contributed by atoms with Crippen LogP contribution in [0.2, 0.25) is 0 Å². The topological polar surface area (TPSA) is 70.4 Å². The molecule has 0 aromatic carbocycles. The van der Waals surface area contributed by atoms with E-state index in [1.807, 2.05) is 7.05 Å². The molecular formula is C13H22N4O2. The van der Waals surface area contributed by atoms with Crippen molar-refractivity contribution < 1.29 is 9.90 Å². The van der Waals surface area contributed by atoms with E-state index < -0.39 is 5.97 Å². The highest BCUT2D eigenvalue weighted by Crippen LogP contribution is 2.12. The van der Waals surface area contributed by atoms with Crippen molar-refractivity contribution in [3.05, 3.63) is 17.5 Å². The molecule has 0 radical (unpaired) electrons. The zero-order chi connectivity index (χ0) is 13.8. The Bertz CT molecular complexity index is 438. The SMILES string of the molecule is CN(Cc1c(C(=O)O)cnn1C)CC1CCCCN1. The summed E-state index contributed by atoms with van der Waals surface area (Å²) in [6.07, 6.45) is 5.15. The maximum Gasteiger partial charge on any atom is 0.339 e. The van der Waals surface area contributed by atoms with Crippen LogP contribution in [0.4, 0.5) is 0 Å². The second kappa shape index (κ2) is 6.16. The van der Waals surface area contributed by atoms with E-state index in [2.05, 4.69) is 15.3 Å². The van der Waals surface area contributed by atoms with Crippen LogP contribution in [-0.4, -0.2) is 51.9 Å². The molecule has 6 heteroatoms. The van der Waals surface area contributed by atoms with Crippen LogP contribution in [-0.2, 0) is 13.6 Å². The molecule has 1 atom stereocenters. The number of likely N-dealkylation sites (N-methyl/N-ethyl adjacent to an activating group) is 1. The van der Waals surface area contributed by atoms with Gasteiger partial charge in [-0.2, -0.15) is 5.10 Å². The minimum Gasteiger partial charge on any atom is -0.478 e. The van der Waals surface area contributed by atoms with Crippen LogP contribution in [0.5, 0.6) is 0 Å². The number of rotatable bonds is 5. The quantitative estimate of drug-likeness (QED) is 0.820. The van der Waals surface area contributed by atoms with Crippen molar-refractivity contribution in [1.82, 2.24) is 20.0 Å². The first-order valence-electron chi connectivity index (χ1n) is 6.74. The maximum atomic E-state index is 11.1. The maximum absolute atomic E-state index is 11.1. The molecule has 0 bridgehead atoms. The van der Waals surface area contributed by atoms with Crippen LogP contribution in [0.25, 0.3) is 0 Å². The van der Waals surface area contributed by atoms with Crippen molar-refractivity contribution in [3.8, 4) is 0 Å². The van der Waals surface area contributed by atoms with Crippen LogP contribution in [0.3, 0.4) is 0 Å². The molecule has 1 aliphatic rings. The number of hydrogen-bond acceptors (Lipinski definition) is 4. The molecule has 2 rings (SSSR count). The van der Waals surface area contributed by atoms with Crippen molar-refractivity contribution in [1.29, 1.82) is 0 Å². The largest absolute Gasteiger partial charge is 0.478 e. The van der Waals surface area contributed by atoms with Gasteiger partial charge in [-0.05, 0) is 26.4 Å². The lowest BCUT2D eigenvalue weighted by Gasteiger charge is -2.28. The van der Waals surface area contributed by atoms with E-state index in [4.69, 9.17) is 5.11 Å². The van der Waals surface area contributed by atoms with Gasteiger partial charge in [-0.15, -0.1) is 0 Å². The van der Waals surface area contributed by atoms with E-state index in [9.17, 15) is 4.79 Å². The number of nitrogens with zero attached hydrogens (tertiary/aromatic N) is 3. The summed E-state index contributed by atoms with van der Waals surface area (Å²) in [5, 5.41) is 16.7. The third-order valence-electron chi connectivity index (χ3n) is 3.66. The van der Waals surface area contributed by atoms with E-state index in [0.717, 1.165) is 18.8 Å². The Morgan fingerprint density at radius 2 is 2.42 bits per heavy atom. The van der Waals surface area contributed by atoms with E-state index in [0.29, 0.717) is 18.2 Å². The van der Waals surface area contributed by atoms with E-state index in [1.54, 1.807) is 11.7 Å². The lowest BCUT2D eigenvalue weighted by atomic mass is 10.0. The molecule has 1 aromatic rings. The Balaban J connectivity index is 1.96. The van der Waals surface area contributed by atoms with Gasteiger partial charge in [0, 0.05) is 26.2 Å². The van der Waals surface area contributed by atoms with Crippen molar-refractivity contribution in [2.24, 2.45) is 7.05 Å². The molecule has 1 aromatic heterocycles. The van der Waals surface area contributed by atoms with Gasteiger partial charge < -0.3 is 10.4 Å². The summed E-state index contributed by atoms with van der Waals surface area (Å²) in [5.74, 6) is -0.910. The van der Waals surface area contributed by atoms with Crippen molar-refractivity contribution in [2.45, 2.75) is 31.8 Å². The predicted molar refractivity (Wildman–Crippen MR) is 72.1 cm³/mol. The minimum absolute atomic E-state index is 0.297. The highest BCUT2D eigenvalue weighted by atomic mass is 16.4.